The van der Waals surface area contributed by atoms with Gasteiger partial charge >= 0.3 is 0 Å². The molecule has 0 unspecified atom stereocenters. The lowest BCUT2D eigenvalue weighted by atomic mass is 10.3. The molecule has 0 fully saturated rings. The van der Waals surface area contributed by atoms with Crippen LogP contribution < -0.4 is 0 Å². The molecule has 0 aliphatic heterocycles. The lowest BCUT2D eigenvalue weighted by molar-refractivity contribution is 1.39. The van der Waals surface area contributed by atoms with Crippen LogP contribution in [-0.2, 0) is 0 Å². The third-order valence-electron chi connectivity index (χ3n) is 1.46. The predicted octanol–water partition coefficient (Wildman–Crippen LogP) is 3.98. The summed E-state index contributed by atoms with van der Waals surface area (Å²) in [6.07, 6.45) is 1.95. The van der Waals surface area contributed by atoms with Gasteiger partial charge in [-0.15, -0.1) is 23.2 Å². The van der Waals surface area contributed by atoms with E-state index in [4.69, 9.17) is 23.2 Å². The maximum atomic E-state index is 5.04. The number of H-pyrrole nitrogens is 1. The van der Waals surface area contributed by atoms with Crippen LogP contribution in [0.3, 0.4) is 0 Å². The third-order valence-corrected chi connectivity index (χ3v) is 1.46. The number of benzene rings is 1. The van der Waals surface area contributed by atoms with Crippen molar-refractivity contribution in [3.8, 4) is 0 Å². The van der Waals surface area contributed by atoms with Gasteiger partial charge in [-0.05, 0) is 24.4 Å². The van der Waals surface area contributed by atoms with E-state index in [9.17, 15) is 0 Å². The maximum absolute atomic E-state index is 5.04. The Labute approximate surface area is 87.7 Å². The summed E-state index contributed by atoms with van der Waals surface area (Å²) in [4.78, 5) is 2.90. The Hall–Kier alpha value is -0.660. The second kappa shape index (κ2) is 5.15. The van der Waals surface area contributed by atoms with Crippen LogP contribution in [0.15, 0.2) is 36.5 Å². The molecule has 1 aromatic heterocycles. The number of aromatic amines is 1. The second-order valence-corrected chi connectivity index (χ2v) is 4.12. The van der Waals surface area contributed by atoms with Gasteiger partial charge in [0.05, 0.1) is 0 Å². The molecule has 0 aliphatic rings. The molecule has 0 radical (unpaired) electrons. The van der Waals surface area contributed by atoms with Gasteiger partial charge in [-0.2, -0.15) is 0 Å². The summed E-state index contributed by atoms with van der Waals surface area (Å²) in [6, 6.07) is 10.3. The van der Waals surface area contributed by atoms with Crippen molar-refractivity contribution in [1.29, 1.82) is 0 Å². The molecule has 0 bridgehead atoms. The van der Waals surface area contributed by atoms with Crippen molar-refractivity contribution < 1.29 is 0 Å². The van der Waals surface area contributed by atoms with E-state index in [0.29, 0.717) is 0 Å². The maximum Gasteiger partial charge on any atom is 0.105 e. The SMILES string of the molecule is CC(Cl)Cl.c1ccc2[nH]ccc2c1. The molecular formula is C10H11Cl2N. The average molecular weight is 216 g/mol. The van der Waals surface area contributed by atoms with E-state index in [1.54, 1.807) is 6.92 Å². The fraction of sp³-hybridized carbons (Fsp3) is 0.200. The van der Waals surface area contributed by atoms with Crippen LogP contribution in [0.4, 0.5) is 0 Å². The first kappa shape index (κ1) is 10.4. The molecule has 0 amide bonds. The first-order valence-corrected chi connectivity index (χ1v) is 4.87. The number of alkyl halides is 2. The van der Waals surface area contributed by atoms with E-state index < -0.39 is 0 Å². The summed E-state index contributed by atoms with van der Waals surface area (Å²) in [7, 11) is 0. The number of halogens is 2. The Morgan fingerprint density at radius 1 is 1.15 bits per heavy atom. The second-order valence-electron chi connectivity index (χ2n) is 2.58. The zero-order valence-corrected chi connectivity index (χ0v) is 8.81. The van der Waals surface area contributed by atoms with Gasteiger partial charge in [0.1, 0.15) is 4.84 Å². The molecule has 2 aromatic rings. The van der Waals surface area contributed by atoms with Gasteiger partial charge in [-0.25, -0.2) is 0 Å². The predicted molar refractivity (Wildman–Crippen MR) is 59.5 cm³/mol. The largest absolute Gasteiger partial charge is 0.361 e. The van der Waals surface area contributed by atoms with Crippen LogP contribution in [0.5, 0.6) is 0 Å². The van der Waals surface area contributed by atoms with Crippen LogP contribution in [0, 0.1) is 0 Å². The molecular weight excluding hydrogens is 205 g/mol. The highest BCUT2D eigenvalue weighted by Gasteiger charge is 1.86. The van der Waals surface area contributed by atoms with E-state index in [-0.39, 0.29) is 4.84 Å². The summed E-state index contributed by atoms with van der Waals surface area (Å²) < 4.78 is 0. The van der Waals surface area contributed by atoms with Crippen LogP contribution >= 0.6 is 23.2 Å². The molecule has 0 saturated carbocycles. The van der Waals surface area contributed by atoms with Gasteiger partial charge in [-0.1, -0.05) is 18.2 Å². The van der Waals surface area contributed by atoms with E-state index in [1.807, 2.05) is 18.3 Å². The first-order valence-electron chi connectivity index (χ1n) is 4.00. The monoisotopic (exact) mass is 215 g/mol. The van der Waals surface area contributed by atoms with Crippen molar-refractivity contribution in [1.82, 2.24) is 4.98 Å². The van der Waals surface area contributed by atoms with Crippen LogP contribution in [-0.4, -0.2) is 9.82 Å². The Balaban J connectivity index is 0.000000184. The van der Waals surface area contributed by atoms with Crippen molar-refractivity contribution >= 4 is 34.1 Å². The van der Waals surface area contributed by atoms with E-state index in [1.165, 1.54) is 10.9 Å². The highest BCUT2D eigenvalue weighted by atomic mass is 35.5. The molecule has 1 aromatic carbocycles. The highest BCUT2D eigenvalue weighted by Crippen LogP contribution is 2.09. The lowest BCUT2D eigenvalue weighted by Crippen LogP contribution is -1.63. The van der Waals surface area contributed by atoms with Gasteiger partial charge in [0.15, 0.2) is 0 Å². The molecule has 0 saturated heterocycles. The summed E-state index contributed by atoms with van der Waals surface area (Å²) in [5, 5.41) is 1.28. The van der Waals surface area contributed by atoms with Crippen molar-refractivity contribution in [3.63, 3.8) is 0 Å². The molecule has 1 heterocycles. The summed E-state index contributed by atoms with van der Waals surface area (Å²) in [5.41, 5.74) is 1.21. The molecule has 0 atom stereocenters. The normalized spacial score (nSPS) is 9.85. The Morgan fingerprint density at radius 2 is 1.77 bits per heavy atom. The molecule has 2 rings (SSSR count). The van der Waals surface area contributed by atoms with Crippen LogP contribution in [0.2, 0.25) is 0 Å². The number of rotatable bonds is 0. The summed E-state index contributed by atoms with van der Waals surface area (Å²) in [6.45, 7) is 1.70. The minimum Gasteiger partial charge on any atom is -0.361 e. The van der Waals surface area contributed by atoms with E-state index in [2.05, 4.69) is 23.2 Å². The van der Waals surface area contributed by atoms with Crippen molar-refractivity contribution in [2.45, 2.75) is 11.8 Å². The van der Waals surface area contributed by atoms with Crippen molar-refractivity contribution in [2.24, 2.45) is 0 Å². The molecule has 0 aliphatic carbocycles. The van der Waals surface area contributed by atoms with Crippen molar-refractivity contribution in [3.05, 3.63) is 36.5 Å². The smallest absolute Gasteiger partial charge is 0.105 e. The van der Waals surface area contributed by atoms with Gasteiger partial charge < -0.3 is 4.98 Å². The van der Waals surface area contributed by atoms with Crippen LogP contribution in [0.25, 0.3) is 10.9 Å². The number of para-hydroxylation sites is 1. The summed E-state index contributed by atoms with van der Waals surface area (Å²) in [5.74, 6) is 0. The van der Waals surface area contributed by atoms with Gasteiger partial charge in [0.25, 0.3) is 0 Å². The fourth-order valence-electron chi connectivity index (χ4n) is 0.995. The third kappa shape index (κ3) is 3.71. The fourth-order valence-corrected chi connectivity index (χ4v) is 0.995. The van der Waals surface area contributed by atoms with Crippen molar-refractivity contribution in [2.75, 3.05) is 0 Å². The van der Waals surface area contributed by atoms with Gasteiger partial charge in [0, 0.05) is 11.7 Å². The minimum atomic E-state index is -0.222. The Kier molecular flexibility index (Phi) is 4.13. The molecule has 0 spiro atoms. The minimum absolute atomic E-state index is 0.222. The standard InChI is InChI=1S/C8H7N.C2H4Cl2/c1-2-4-8-7(3-1)5-6-9-8;1-2(3)4/h1-6,9H;2H,1H3. The molecule has 1 nitrogen and oxygen atoms in total. The quantitative estimate of drug-likeness (QED) is 0.641. The molecule has 13 heavy (non-hydrogen) atoms. The number of hydrogen-bond acceptors (Lipinski definition) is 0. The van der Waals surface area contributed by atoms with E-state index >= 15 is 0 Å². The van der Waals surface area contributed by atoms with Gasteiger partial charge in [-0.3, -0.25) is 0 Å². The summed E-state index contributed by atoms with van der Waals surface area (Å²) >= 11 is 10.1. The number of fused-ring (bicyclic) bond motifs is 1. The molecule has 70 valence electrons. The van der Waals surface area contributed by atoms with Gasteiger partial charge in [0.2, 0.25) is 0 Å². The average Bonchev–Trinajstić information content (AvgIpc) is 2.49. The topological polar surface area (TPSA) is 15.8 Å². The van der Waals surface area contributed by atoms with Crippen LogP contribution in [0.1, 0.15) is 6.92 Å². The Morgan fingerprint density at radius 3 is 2.38 bits per heavy atom. The first-order chi connectivity index (χ1) is 6.20. The number of nitrogens with one attached hydrogen (secondary N) is 1. The zero-order chi connectivity index (χ0) is 9.68. The van der Waals surface area contributed by atoms with E-state index in [0.717, 1.165) is 0 Å². The lowest BCUT2D eigenvalue weighted by Gasteiger charge is -1.83. The number of aromatic nitrogens is 1. The number of hydrogen-bond donors (Lipinski definition) is 1. The zero-order valence-electron chi connectivity index (χ0n) is 7.30. The highest BCUT2D eigenvalue weighted by molar-refractivity contribution is 6.43. The molecule has 1 N–H and O–H groups in total. The Bertz CT molecular complexity index is 321. The molecule has 3 heteroatoms.